The molecule has 0 fully saturated rings. The number of hydrogen-bond acceptors (Lipinski definition) is 4. The lowest BCUT2D eigenvalue weighted by Crippen LogP contribution is -2.31. The van der Waals surface area contributed by atoms with Crippen molar-refractivity contribution in [3.8, 4) is 17.2 Å². The summed E-state index contributed by atoms with van der Waals surface area (Å²) in [5.41, 5.74) is 3.36. The van der Waals surface area contributed by atoms with Gasteiger partial charge in [-0.05, 0) is 35.7 Å². The highest BCUT2D eigenvalue weighted by Crippen LogP contribution is 2.41. The average molecular weight is 334 g/mol. The molecule has 5 heteroatoms. The second kappa shape index (κ2) is 6.69. The Morgan fingerprint density at radius 2 is 1.78 bits per heavy atom. The quantitative estimate of drug-likeness (QED) is 0.928. The van der Waals surface area contributed by atoms with Crippen molar-refractivity contribution in [1.29, 1.82) is 0 Å². The van der Waals surface area contributed by atoms with Crippen LogP contribution in [0.2, 0.25) is 5.02 Å². The van der Waals surface area contributed by atoms with Gasteiger partial charge < -0.3 is 19.5 Å². The predicted molar refractivity (Wildman–Crippen MR) is 91.1 cm³/mol. The van der Waals surface area contributed by atoms with E-state index in [-0.39, 0.29) is 6.04 Å². The number of fused-ring (bicyclic) bond motifs is 1. The van der Waals surface area contributed by atoms with E-state index in [2.05, 4.69) is 11.4 Å². The predicted octanol–water partition coefficient (Wildman–Crippen LogP) is 3.60. The van der Waals surface area contributed by atoms with Crippen molar-refractivity contribution >= 4 is 11.6 Å². The summed E-state index contributed by atoms with van der Waals surface area (Å²) in [6.07, 6.45) is 0.889. The molecule has 1 aliphatic rings. The van der Waals surface area contributed by atoms with Crippen LogP contribution in [-0.2, 0) is 6.42 Å². The molecular formula is C18H20ClNO3. The highest BCUT2D eigenvalue weighted by Gasteiger charge is 2.27. The van der Waals surface area contributed by atoms with Crippen LogP contribution in [0.3, 0.4) is 0 Å². The summed E-state index contributed by atoms with van der Waals surface area (Å²) >= 11 is 6.46. The Bertz CT molecular complexity index is 718. The van der Waals surface area contributed by atoms with Gasteiger partial charge in [0.2, 0.25) is 0 Å². The van der Waals surface area contributed by atoms with Gasteiger partial charge in [-0.2, -0.15) is 0 Å². The Hall–Kier alpha value is -1.91. The van der Waals surface area contributed by atoms with Crippen molar-refractivity contribution in [2.75, 3.05) is 27.9 Å². The molecule has 0 saturated heterocycles. The van der Waals surface area contributed by atoms with Crippen molar-refractivity contribution in [2.24, 2.45) is 0 Å². The van der Waals surface area contributed by atoms with E-state index in [1.807, 2.05) is 24.3 Å². The van der Waals surface area contributed by atoms with Gasteiger partial charge in [-0.25, -0.2) is 0 Å². The van der Waals surface area contributed by atoms with Crippen molar-refractivity contribution in [3.63, 3.8) is 0 Å². The third kappa shape index (κ3) is 2.84. The molecule has 1 aliphatic heterocycles. The molecule has 0 aliphatic carbocycles. The molecule has 1 N–H and O–H groups in total. The molecule has 0 bridgehead atoms. The third-order valence-corrected chi connectivity index (χ3v) is 4.57. The third-order valence-electron chi connectivity index (χ3n) is 4.24. The summed E-state index contributed by atoms with van der Waals surface area (Å²) in [7, 11) is 4.97. The van der Waals surface area contributed by atoms with Crippen LogP contribution in [0.5, 0.6) is 17.2 Å². The van der Waals surface area contributed by atoms with Crippen LogP contribution in [0.4, 0.5) is 0 Å². The maximum absolute atomic E-state index is 6.46. The van der Waals surface area contributed by atoms with Gasteiger partial charge in [-0.3, -0.25) is 0 Å². The first-order valence-electron chi connectivity index (χ1n) is 7.50. The molecule has 0 spiro atoms. The van der Waals surface area contributed by atoms with Crippen molar-refractivity contribution < 1.29 is 14.2 Å². The molecule has 0 saturated carbocycles. The highest BCUT2D eigenvalue weighted by molar-refractivity contribution is 6.31. The first-order valence-corrected chi connectivity index (χ1v) is 7.88. The van der Waals surface area contributed by atoms with Gasteiger partial charge in [0.05, 0.1) is 27.4 Å². The fourth-order valence-electron chi connectivity index (χ4n) is 3.13. The molecular weight excluding hydrogens is 314 g/mol. The largest absolute Gasteiger partial charge is 0.497 e. The van der Waals surface area contributed by atoms with Crippen LogP contribution < -0.4 is 19.5 Å². The summed E-state index contributed by atoms with van der Waals surface area (Å²) in [6.45, 7) is 0.851. The molecule has 2 aromatic rings. The van der Waals surface area contributed by atoms with Gasteiger partial charge in [0.25, 0.3) is 0 Å². The number of rotatable bonds is 4. The van der Waals surface area contributed by atoms with Gasteiger partial charge in [0.1, 0.15) is 5.75 Å². The fourth-order valence-corrected chi connectivity index (χ4v) is 3.41. The molecule has 23 heavy (non-hydrogen) atoms. The van der Waals surface area contributed by atoms with Crippen LogP contribution in [0.25, 0.3) is 0 Å². The van der Waals surface area contributed by atoms with E-state index in [9.17, 15) is 0 Å². The Morgan fingerprint density at radius 3 is 2.43 bits per heavy atom. The molecule has 0 amide bonds. The lowest BCUT2D eigenvalue weighted by molar-refractivity contribution is 0.348. The zero-order chi connectivity index (χ0) is 16.4. The van der Waals surface area contributed by atoms with Crippen LogP contribution in [0, 0.1) is 0 Å². The standard InChI is InChI=1S/C18H20ClNO3/c1-21-11-4-5-14(15(19)10-11)17-12-6-7-16(22-2)18(23-3)13(12)8-9-20-17/h4-7,10,17,20H,8-9H2,1-3H3. The number of nitrogens with one attached hydrogen (secondary N) is 1. The van der Waals surface area contributed by atoms with E-state index in [4.69, 9.17) is 25.8 Å². The van der Waals surface area contributed by atoms with Crippen LogP contribution in [0.15, 0.2) is 30.3 Å². The highest BCUT2D eigenvalue weighted by atomic mass is 35.5. The Morgan fingerprint density at radius 1 is 1.00 bits per heavy atom. The van der Waals surface area contributed by atoms with E-state index in [0.29, 0.717) is 5.02 Å². The minimum atomic E-state index is 0.0250. The van der Waals surface area contributed by atoms with E-state index < -0.39 is 0 Å². The van der Waals surface area contributed by atoms with Crippen LogP contribution >= 0.6 is 11.6 Å². The van der Waals surface area contributed by atoms with Crippen molar-refractivity contribution in [1.82, 2.24) is 5.32 Å². The number of methoxy groups -OCH3 is 3. The molecule has 3 rings (SSSR count). The SMILES string of the molecule is COc1ccc(C2NCCc3c2ccc(OC)c3OC)c(Cl)c1. The lowest BCUT2D eigenvalue weighted by atomic mass is 9.89. The summed E-state index contributed by atoms with van der Waals surface area (Å²) in [5.74, 6) is 2.32. The summed E-state index contributed by atoms with van der Waals surface area (Å²) < 4.78 is 16.2. The van der Waals surface area contributed by atoms with Crippen LogP contribution in [-0.4, -0.2) is 27.9 Å². The first-order chi connectivity index (χ1) is 11.2. The molecule has 1 heterocycles. The van der Waals surface area contributed by atoms with Gasteiger partial charge in [0, 0.05) is 17.1 Å². The number of ether oxygens (including phenoxy) is 3. The molecule has 2 aromatic carbocycles. The topological polar surface area (TPSA) is 39.7 Å². The van der Waals surface area contributed by atoms with Gasteiger partial charge in [-0.1, -0.05) is 23.7 Å². The number of hydrogen-bond donors (Lipinski definition) is 1. The molecule has 1 atom stereocenters. The van der Waals surface area contributed by atoms with Gasteiger partial charge in [0.15, 0.2) is 11.5 Å². The summed E-state index contributed by atoms with van der Waals surface area (Å²) in [6, 6.07) is 9.82. The average Bonchev–Trinajstić information content (AvgIpc) is 2.60. The summed E-state index contributed by atoms with van der Waals surface area (Å²) in [5, 5.41) is 4.22. The number of halogens is 1. The van der Waals surface area contributed by atoms with Gasteiger partial charge >= 0.3 is 0 Å². The van der Waals surface area contributed by atoms with Crippen molar-refractivity contribution in [3.05, 3.63) is 52.0 Å². The molecule has 1 unspecified atom stereocenters. The van der Waals surface area contributed by atoms with E-state index in [0.717, 1.165) is 35.8 Å². The fraction of sp³-hybridized carbons (Fsp3) is 0.333. The Balaban J connectivity index is 2.09. The zero-order valence-corrected chi connectivity index (χ0v) is 14.2. The summed E-state index contributed by atoms with van der Waals surface area (Å²) in [4.78, 5) is 0. The molecule has 4 nitrogen and oxygen atoms in total. The second-order valence-corrected chi connectivity index (χ2v) is 5.80. The Kier molecular flexibility index (Phi) is 4.64. The Labute approximate surface area is 141 Å². The molecule has 0 aromatic heterocycles. The van der Waals surface area contributed by atoms with Crippen molar-refractivity contribution in [2.45, 2.75) is 12.5 Å². The lowest BCUT2D eigenvalue weighted by Gasteiger charge is -2.30. The normalized spacial score (nSPS) is 16.6. The van der Waals surface area contributed by atoms with E-state index >= 15 is 0 Å². The van der Waals surface area contributed by atoms with E-state index in [1.54, 1.807) is 21.3 Å². The monoisotopic (exact) mass is 333 g/mol. The minimum absolute atomic E-state index is 0.0250. The van der Waals surface area contributed by atoms with Gasteiger partial charge in [-0.15, -0.1) is 0 Å². The van der Waals surface area contributed by atoms with Crippen LogP contribution in [0.1, 0.15) is 22.7 Å². The van der Waals surface area contributed by atoms with E-state index in [1.165, 1.54) is 11.1 Å². The smallest absolute Gasteiger partial charge is 0.164 e. The minimum Gasteiger partial charge on any atom is -0.497 e. The second-order valence-electron chi connectivity index (χ2n) is 5.39. The maximum Gasteiger partial charge on any atom is 0.164 e. The molecule has 0 radical (unpaired) electrons. The number of benzene rings is 2. The molecule has 122 valence electrons. The maximum atomic E-state index is 6.46. The zero-order valence-electron chi connectivity index (χ0n) is 13.5. The first kappa shape index (κ1) is 16.0.